The molecule has 3 nitrogen and oxygen atoms in total. The maximum atomic E-state index is 12.4. The molecule has 1 aliphatic carbocycles. The zero-order chi connectivity index (χ0) is 14.1. The van der Waals surface area contributed by atoms with Crippen LogP contribution >= 0.6 is 0 Å². The van der Waals surface area contributed by atoms with E-state index in [1.165, 1.54) is 0 Å². The molecule has 0 N–H and O–H groups in total. The molecule has 2 aromatic rings. The molecule has 0 amide bonds. The fraction of sp³-hybridized carbons (Fsp3) is 0.412. The monoisotopic (exact) mass is 269 g/mol. The number of para-hydroxylation sites is 1. The van der Waals surface area contributed by atoms with Crippen molar-refractivity contribution in [3.05, 3.63) is 41.1 Å². The molecule has 3 heteroatoms. The standard InChI is InChI=1S/C17H19NO2/c1-3-12-13-7-5-6-8-14(13)18-16(11-9-10-11)15(12)17(19)20-4-2/h5-8,11H,3-4,9-10H2,1-2H3. The Kier molecular flexibility index (Phi) is 3.43. The quantitative estimate of drug-likeness (QED) is 0.791. The van der Waals surface area contributed by atoms with Gasteiger partial charge in [0.05, 0.1) is 23.4 Å². The van der Waals surface area contributed by atoms with Crippen molar-refractivity contribution in [3.8, 4) is 0 Å². The van der Waals surface area contributed by atoms with Crippen molar-refractivity contribution in [2.45, 2.75) is 39.0 Å². The highest BCUT2D eigenvalue weighted by Gasteiger charge is 2.32. The highest BCUT2D eigenvalue weighted by atomic mass is 16.5. The molecule has 0 spiro atoms. The van der Waals surface area contributed by atoms with Gasteiger partial charge in [-0.3, -0.25) is 4.98 Å². The Labute approximate surface area is 119 Å². The summed E-state index contributed by atoms with van der Waals surface area (Å²) in [6.45, 7) is 4.33. The summed E-state index contributed by atoms with van der Waals surface area (Å²) in [4.78, 5) is 17.1. The molecule has 1 aromatic heterocycles. The third-order valence-corrected chi connectivity index (χ3v) is 3.83. The topological polar surface area (TPSA) is 39.2 Å². The number of pyridine rings is 1. The molecule has 0 atom stereocenters. The molecule has 1 heterocycles. The van der Waals surface area contributed by atoms with Crippen molar-refractivity contribution in [1.82, 2.24) is 4.98 Å². The van der Waals surface area contributed by atoms with E-state index in [1.54, 1.807) is 0 Å². The van der Waals surface area contributed by atoms with Crippen LogP contribution in [-0.2, 0) is 11.2 Å². The highest BCUT2D eigenvalue weighted by molar-refractivity contribution is 5.98. The largest absolute Gasteiger partial charge is 0.462 e. The number of carbonyl (C=O) groups excluding carboxylic acids is 1. The Hall–Kier alpha value is -1.90. The van der Waals surface area contributed by atoms with Gasteiger partial charge >= 0.3 is 5.97 Å². The molecule has 1 aromatic carbocycles. The molecule has 20 heavy (non-hydrogen) atoms. The number of benzene rings is 1. The van der Waals surface area contributed by atoms with Gasteiger partial charge in [0.2, 0.25) is 0 Å². The Morgan fingerprint density at radius 3 is 2.70 bits per heavy atom. The minimum Gasteiger partial charge on any atom is -0.462 e. The summed E-state index contributed by atoms with van der Waals surface area (Å²) in [6.07, 6.45) is 3.07. The molecule has 3 rings (SSSR count). The third-order valence-electron chi connectivity index (χ3n) is 3.83. The SMILES string of the molecule is CCOC(=O)c1c(C2CC2)nc2ccccc2c1CC. The van der Waals surface area contributed by atoms with Gasteiger partial charge < -0.3 is 4.74 Å². The lowest BCUT2D eigenvalue weighted by Crippen LogP contribution is -2.13. The van der Waals surface area contributed by atoms with Gasteiger partial charge in [0, 0.05) is 11.3 Å². The van der Waals surface area contributed by atoms with Crippen molar-refractivity contribution in [1.29, 1.82) is 0 Å². The first-order valence-corrected chi connectivity index (χ1v) is 7.34. The van der Waals surface area contributed by atoms with Crippen molar-refractivity contribution in [2.75, 3.05) is 6.61 Å². The van der Waals surface area contributed by atoms with Gasteiger partial charge in [0.25, 0.3) is 0 Å². The van der Waals surface area contributed by atoms with Crippen molar-refractivity contribution >= 4 is 16.9 Å². The van der Waals surface area contributed by atoms with Gasteiger partial charge in [-0.25, -0.2) is 4.79 Å². The summed E-state index contributed by atoms with van der Waals surface area (Å²) >= 11 is 0. The number of esters is 1. The number of rotatable bonds is 4. The van der Waals surface area contributed by atoms with Crippen LogP contribution in [0.3, 0.4) is 0 Å². The summed E-state index contributed by atoms with van der Waals surface area (Å²) < 4.78 is 5.26. The third kappa shape index (κ3) is 2.17. The maximum Gasteiger partial charge on any atom is 0.340 e. The first-order chi connectivity index (χ1) is 9.76. The Balaban J connectivity index is 2.27. The normalized spacial score (nSPS) is 14.5. The number of hydrogen-bond acceptors (Lipinski definition) is 3. The fourth-order valence-corrected chi connectivity index (χ4v) is 2.75. The number of aromatic nitrogens is 1. The molecule has 0 unspecified atom stereocenters. The molecule has 0 aliphatic heterocycles. The van der Waals surface area contributed by atoms with Gasteiger partial charge in [-0.05, 0) is 37.8 Å². The Morgan fingerprint density at radius 1 is 1.30 bits per heavy atom. The zero-order valence-electron chi connectivity index (χ0n) is 12.0. The molecule has 0 saturated heterocycles. The molecular formula is C17H19NO2. The summed E-state index contributed by atoms with van der Waals surface area (Å²) in [7, 11) is 0. The lowest BCUT2D eigenvalue weighted by molar-refractivity contribution is 0.0523. The van der Waals surface area contributed by atoms with Gasteiger partial charge in [-0.15, -0.1) is 0 Å². The van der Waals surface area contributed by atoms with Crippen LogP contribution in [0.25, 0.3) is 10.9 Å². The molecule has 104 valence electrons. The number of hydrogen-bond donors (Lipinski definition) is 0. The van der Waals surface area contributed by atoms with Gasteiger partial charge in [0.1, 0.15) is 0 Å². The van der Waals surface area contributed by atoms with Crippen molar-refractivity contribution < 1.29 is 9.53 Å². The van der Waals surface area contributed by atoms with E-state index >= 15 is 0 Å². The Bertz CT molecular complexity index is 659. The predicted molar refractivity (Wildman–Crippen MR) is 79.1 cm³/mol. The van der Waals surface area contributed by atoms with E-state index in [4.69, 9.17) is 9.72 Å². The van der Waals surface area contributed by atoms with Crippen LogP contribution in [0, 0.1) is 0 Å². The molecule has 1 fully saturated rings. The van der Waals surface area contributed by atoms with E-state index in [1.807, 2.05) is 31.2 Å². The maximum absolute atomic E-state index is 12.4. The van der Waals surface area contributed by atoms with Gasteiger partial charge in [0.15, 0.2) is 0 Å². The Morgan fingerprint density at radius 2 is 2.05 bits per heavy atom. The van der Waals surface area contributed by atoms with Crippen LogP contribution in [0.15, 0.2) is 24.3 Å². The van der Waals surface area contributed by atoms with E-state index in [0.29, 0.717) is 12.5 Å². The van der Waals surface area contributed by atoms with E-state index in [0.717, 1.165) is 47.0 Å². The molecular weight excluding hydrogens is 250 g/mol. The average molecular weight is 269 g/mol. The van der Waals surface area contributed by atoms with E-state index in [2.05, 4.69) is 6.92 Å². The van der Waals surface area contributed by atoms with Crippen LogP contribution in [0.2, 0.25) is 0 Å². The van der Waals surface area contributed by atoms with Crippen LogP contribution < -0.4 is 0 Å². The highest BCUT2D eigenvalue weighted by Crippen LogP contribution is 2.42. The van der Waals surface area contributed by atoms with Gasteiger partial charge in [-0.2, -0.15) is 0 Å². The van der Waals surface area contributed by atoms with E-state index in [9.17, 15) is 4.79 Å². The van der Waals surface area contributed by atoms with E-state index < -0.39 is 0 Å². The zero-order valence-corrected chi connectivity index (χ0v) is 12.0. The van der Waals surface area contributed by atoms with Gasteiger partial charge in [-0.1, -0.05) is 25.1 Å². The molecule has 1 saturated carbocycles. The second kappa shape index (κ2) is 5.23. The first kappa shape index (κ1) is 13.1. The van der Waals surface area contributed by atoms with Crippen LogP contribution in [0.5, 0.6) is 0 Å². The number of aryl methyl sites for hydroxylation is 1. The second-order valence-electron chi connectivity index (χ2n) is 5.22. The van der Waals surface area contributed by atoms with Crippen LogP contribution in [0.1, 0.15) is 54.2 Å². The lowest BCUT2D eigenvalue weighted by Gasteiger charge is -2.15. The minimum atomic E-state index is -0.218. The van der Waals surface area contributed by atoms with Crippen LogP contribution in [0.4, 0.5) is 0 Å². The number of fused-ring (bicyclic) bond motifs is 1. The van der Waals surface area contributed by atoms with Crippen molar-refractivity contribution in [2.24, 2.45) is 0 Å². The summed E-state index contributed by atoms with van der Waals surface area (Å²) in [5, 5.41) is 1.07. The molecule has 1 aliphatic rings. The van der Waals surface area contributed by atoms with Crippen LogP contribution in [-0.4, -0.2) is 17.6 Å². The minimum absolute atomic E-state index is 0.218. The first-order valence-electron chi connectivity index (χ1n) is 7.34. The fourth-order valence-electron chi connectivity index (χ4n) is 2.75. The smallest absolute Gasteiger partial charge is 0.340 e. The molecule has 0 radical (unpaired) electrons. The second-order valence-corrected chi connectivity index (χ2v) is 5.22. The predicted octanol–water partition coefficient (Wildman–Crippen LogP) is 3.85. The van der Waals surface area contributed by atoms with Crippen molar-refractivity contribution in [3.63, 3.8) is 0 Å². The number of carbonyl (C=O) groups is 1. The lowest BCUT2D eigenvalue weighted by atomic mass is 9.96. The number of ether oxygens (including phenoxy) is 1. The van der Waals surface area contributed by atoms with E-state index in [-0.39, 0.29) is 5.97 Å². The summed E-state index contributed by atoms with van der Waals surface area (Å²) in [5.74, 6) is 0.216. The molecule has 0 bridgehead atoms. The number of nitrogens with zero attached hydrogens (tertiary/aromatic N) is 1. The average Bonchev–Trinajstić information content (AvgIpc) is 3.30. The summed E-state index contributed by atoms with van der Waals surface area (Å²) in [5.41, 5.74) is 3.73. The summed E-state index contributed by atoms with van der Waals surface area (Å²) in [6, 6.07) is 8.06.